The number of fused-ring (bicyclic) bond motifs is 1. The van der Waals surface area contributed by atoms with E-state index in [4.69, 9.17) is 4.42 Å². The Morgan fingerprint density at radius 1 is 1.35 bits per heavy atom. The number of rotatable bonds is 6. The maximum absolute atomic E-state index is 12.8. The zero-order chi connectivity index (χ0) is 18.7. The Hall–Kier alpha value is -1.77. The van der Waals surface area contributed by atoms with Crippen LogP contribution in [0.1, 0.15) is 25.5 Å². The van der Waals surface area contributed by atoms with Gasteiger partial charge in [0.1, 0.15) is 5.76 Å². The summed E-state index contributed by atoms with van der Waals surface area (Å²) in [4.78, 5) is 13.0. The van der Waals surface area contributed by atoms with Gasteiger partial charge in [-0.1, -0.05) is 6.92 Å². The number of carbonyl (C=O) groups is 1. The number of amides is 1. The number of nitrogens with zero attached hydrogens (tertiary/aromatic N) is 1. The lowest BCUT2D eigenvalue weighted by molar-refractivity contribution is -0.116. The van der Waals surface area contributed by atoms with Crippen LogP contribution < -0.4 is 5.32 Å². The second kappa shape index (κ2) is 7.85. The number of carbonyl (C=O) groups excluding carboxylic acids is 1. The minimum atomic E-state index is -3.61. The van der Waals surface area contributed by atoms with Crippen LogP contribution in [0.2, 0.25) is 0 Å². The maximum atomic E-state index is 12.8. The summed E-state index contributed by atoms with van der Waals surface area (Å²) in [7, 11) is -2.05. The first-order chi connectivity index (χ1) is 12.4. The van der Waals surface area contributed by atoms with Crippen LogP contribution in [0.4, 0.5) is 5.69 Å². The van der Waals surface area contributed by atoms with E-state index in [-0.39, 0.29) is 16.1 Å². The highest BCUT2D eigenvalue weighted by Gasteiger charge is 2.24. The van der Waals surface area contributed by atoms with Crippen molar-refractivity contribution in [3.05, 3.63) is 42.4 Å². The van der Waals surface area contributed by atoms with E-state index in [9.17, 15) is 13.2 Å². The monoisotopic (exact) mass is 394 g/mol. The minimum absolute atomic E-state index is 0.0925. The summed E-state index contributed by atoms with van der Waals surface area (Å²) >= 11 is 1.57. The van der Waals surface area contributed by atoms with E-state index >= 15 is 0 Å². The maximum Gasteiger partial charge on any atom is 0.242 e. The molecule has 0 fully saturated rings. The fraction of sp³-hybridized carbons (Fsp3) is 0.389. The smallest absolute Gasteiger partial charge is 0.242 e. The van der Waals surface area contributed by atoms with Gasteiger partial charge in [0.2, 0.25) is 15.9 Å². The molecule has 1 aromatic heterocycles. The molecule has 140 valence electrons. The number of nitrogens with one attached hydrogen (secondary N) is 1. The van der Waals surface area contributed by atoms with Gasteiger partial charge in [0.25, 0.3) is 0 Å². The molecule has 2 aromatic rings. The molecule has 0 unspecified atom stereocenters. The number of anilines is 1. The summed E-state index contributed by atoms with van der Waals surface area (Å²) in [5, 5.41) is 2.97. The van der Waals surface area contributed by atoms with E-state index in [1.807, 2.05) is 19.1 Å². The quantitative estimate of drug-likeness (QED) is 0.813. The third-order valence-corrected chi connectivity index (χ3v) is 7.24. The molecular weight excluding hydrogens is 372 g/mol. The number of thioether (sulfide) groups is 1. The number of hydrogen-bond acceptors (Lipinski definition) is 5. The van der Waals surface area contributed by atoms with Gasteiger partial charge in [0.15, 0.2) is 0 Å². The molecule has 0 spiro atoms. The summed E-state index contributed by atoms with van der Waals surface area (Å²) in [5.74, 6) is 0.750. The average Bonchev–Trinajstić information content (AvgIpc) is 3.04. The first kappa shape index (κ1) is 19.0. The summed E-state index contributed by atoms with van der Waals surface area (Å²) in [6.07, 6.45) is 3.37. The first-order valence-electron chi connectivity index (χ1n) is 8.45. The molecule has 0 saturated heterocycles. The van der Waals surface area contributed by atoms with E-state index in [1.54, 1.807) is 43.3 Å². The number of benzene rings is 1. The lowest BCUT2D eigenvalue weighted by atomic mass is 10.2. The van der Waals surface area contributed by atoms with E-state index < -0.39 is 10.0 Å². The summed E-state index contributed by atoms with van der Waals surface area (Å²) in [6, 6.07) is 8.62. The highest BCUT2D eigenvalue weighted by Crippen LogP contribution is 2.36. The molecule has 0 aliphatic carbocycles. The largest absolute Gasteiger partial charge is 0.469 e. The van der Waals surface area contributed by atoms with Crippen molar-refractivity contribution < 1.29 is 17.6 Å². The lowest BCUT2D eigenvalue weighted by Gasteiger charge is -2.18. The molecule has 0 radical (unpaired) electrons. The van der Waals surface area contributed by atoms with Gasteiger partial charge < -0.3 is 9.73 Å². The molecule has 1 aromatic carbocycles. The molecule has 0 saturated carbocycles. The van der Waals surface area contributed by atoms with Gasteiger partial charge in [-0.25, -0.2) is 12.7 Å². The van der Waals surface area contributed by atoms with Gasteiger partial charge >= 0.3 is 0 Å². The van der Waals surface area contributed by atoms with E-state index in [0.29, 0.717) is 31.5 Å². The van der Waals surface area contributed by atoms with Gasteiger partial charge in [-0.2, -0.15) is 0 Å². The summed E-state index contributed by atoms with van der Waals surface area (Å²) < 4.78 is 32.3. The van der Waals surface area contributed by atoms with Crippen LogP contribution in [-0.4, -0.2) is 37.5 Å². The summed E-state index contributed by atoms with van der Waals surface area (Å²) in [6.45, 7) is 2.37. The van der Waals surface area contributed by atoms with Crippen molar-refractivity contribution in [2.45, 2.75) is 41.2 Å². The molecule has 26 heavy (non-hydrogen) atoms. The molecule has 1 amide bonds. The number of hydrogen-bond donors (Lipinski definition) is 1. The fourth-order valence-corrected chi connectivity index (χ4v) is 5.11. The third-order valence-electron chi connectivity index (χ3n) is 4.21. The Morgan fingerprint density at radius 2 is 2.15 bits per heavy atom. The third kappa shape index (κ3) is 4.31. The number of furan rings is 1. The molecule has 1 aliphatic heterocycles. The van der Waals surface area contributed by atoms with Crippen molar-refractivity contribution in [2.24, 2.45) is 0 Å². The van der Waals surface area contributed by atoms with Crippen molar-refractivity contribution in [1.29, 1.82) is 0 Å². The molecule has 3 rings (SSSR count). The van der Waals surface area contributed by atoms with Crippen LogP contribution in [0.3, 0.4) is 0 Å². The van der Waals surface area contributed by atoms with Crippen LogP contribution >= 0.6 is 11.8 Å². The van der Waals surface area contributed by atoms with Crippen molar-refractivity contribution in [1.82, 2.24) is 4.31 Å². The van der Waals surface area contributed by atoms with Crippen molar-refractivity contribution in [3.63, 3.8) is 0 Å². The van der Waals surface area contributed by atoms with Gasteiger partial charge in [-0.3, -0.25) is 4.79 Å². The van der Waals surface area contributed by atoms with Gasteiger partial charge in [0, 0.05) is 36.6 Å². The second-order valence-corrected chi connectivity index (χ2v) is 9.87. The zero-order valence-electron chi connectivity index (χ0n) is 14.8. The average molecular weight is 395 g/mol. The fourth-order valence-electron chi connectivity index (χ4n) is 2.82. The summed E-state index contributed by atoms with van der Waals surface area (Å²) in [5.41, 5.74) is 0.564. The zero-order valence-corrected chi connectivity index (χ0v) is 16.4. The Morgan fingerprint density at radius 3 is 2.88 bits per heavy atom. The highest BCUT2D eigenvalue weighted by molar-refractivity contribution is 8.00. The molecular formula is C18H22N2O4S2. The molecule has 2 heterocycles. The Bertz CT molecular complexity index is 879. The van der Waals surface area contributed by atoms with Crippen LogP contribution in [0, 0.1) is 0 Å². The SMILES string of the molecule is C[C@H]1CC(=O)Nc2cc(S(=O)(=O)N(C)CCCc3ccco3)ccc2S1. The second-order valence-electron chi connectivity index (χ2n) is 6.35. The lowest BCUT2D eigenvalue weighted by Crippen LogP contribution is -2.28. The van der Waals surface area contributed by atoms with Gasteiger partial charge in [-0.15, -0.1) is 11.8 Å². The molecule has 8 heteroatoms. The van der Waals surface area contributed by atoms with Crippen molar-refractivity contribution >= 4 is 33.4 Å². The van der Waals surface area contributed by atoms with E-state index in [0.717, 1.165) is 10.7 Å². The normalized spacial score (nSPS) is 17.7. The van der Waals surface area contributed by atoms with Crippen LogP contribution in [0.15, 0.2) is 50.8 Å². The Balaban J connectivity index is 1.73. The predicted octanol–water partition coefficient (Wildman–Crippen LogP) is 3.36. The Labute approximate surface area is 158 Å². The predicted molar refractivity (Wildman–Crippen MR) is 102 cm³/mol. The molecule has 0 bridgehead atoms. The molecule has 1 N–H and O–H groups in total. The van der Waals surface area contributed by atoms with Crippen molar-refractivity contribution in [2.75, 3.05) is 18.9 Å². The first-order valence-corrected chi connectivity index (χ1v) is 10.8. The highest BCUT2D eigenvalue weighted by atomic mass is 32.2. The van der Waals surface area contributed by atoms with Gasteiger partial charge in [0.05, 0.1) is 16.8 Å². The number of aryl methyl sites for hydroxylation is 1. The topological polar surface area (TPSA) is 79.6 Å². The minimum Gasteiger partial charge on any atom is -0.469 e. The van der Waals surface area contributed by atoms with Crippen LogP contribution in [0.5, 0.6) is 0 Å². The van der Waals surface area contributed by atoms with Gasteiger partial charge in [-0.05, 0) is 36.8 Å². The van der Waals surface area contributed by atoms with E-state index in [2.05, 4.69) is 5.32 Å². The van der Waals surface area contributed by atoms with Crippen molar-refractivity contribution in [3.8, 4) is 0 Å². The molecule has 6 nitrogen and oxygen atoms in total. The van der Waals surface area contributed by atoms with Crippen LogP contribution in [-0.2, 0) is 21.2 Å². The molecule has 1 atom stereocenters. The number of sulfonamides is 1. The van der Waals surface area contributed by atoms with E-state index in [1.165, 1.54) is 4.31 Å². The molecule has 1 aliphatic rings. The standard InChI is InChI=1S/C18H22N2O4S2/c1-13-11-18(21)19-16-12-15(7-8-17(16)25-13)26(22,23)20(2)9-3-5-14-6-4-10-24-14/h4,6-8,10,12-13H,3,5,9,11H2,1-2H3,(H,19,21)/t13-/m0/s1. The van der Waals surface area contributed by atoms with Crippen LogP contribution in [0.25, 0.3) is 0 Å². The Kier molecular flexibility index (Phi) is 5.74.